The molecule has 0 fully saturated rings. The Morgan fingerprint density at radius 2 is 1.96 bits per heavy atom. The third-order valence-corrected chi connectivity index (χ3v) is 4.15. The van der Waals surface area contributed by atoms with Crippen molar-refractivity contribution in [3.8, 4) is 5.75 Å². The van der Waals surface area contributed by atoms with Gasteiger partial charge in [0.2, 0.25) is 5.91 Å². The number of carbonyl (C=O) groups excluding carboxylic acids is 2. The summed E-state index contributed by atoms with van der Waals surface area (Å²) in [5.41, 5.74) is 7.93. The third-order valence-electron chi connectivity index (χ3n) is 3.82. The number of halogens is 1. The minimum atomic E-state index is -0.331. The van der Waals surface area contributed by atoms with Gasteiger partial charge in [-0.3, -0.25) is 9.59 Å². The van der Waals surface area contributed by atoms with E-state index in [4.69, 9.17) is 22.1 Å². The van der Waals surface area contributed by atoms with Crippen molar-refractivity contribution in [2.75, 3.05) is 18.2 Å². The summed E-state index contributed by atoms with van der Waals surface area (Å²) in [6.07, 6.45) is 0.457. The number of nitrogen functional groups attached to an aromatic ring is 1. The number of rotatable bonds is 7. The maximum atomic E-state index is 12.5. The van der Waals surface area contributed by atoms with Crippen LogP contribution in [0, 0.1) is 5.92 Å². The molecule has 0 aliphatic heterocycles. The maximum absolute atomic E-state index is 12.5. The number of anilines is 2. The number of nitrogens with two attached hydrogens (primary N) is 1. The molecule has 0 aromatic heterocycles. The highest BCUT2D eigenvalue weighted by Crippen LogP contribution is 2.28. The first-order chi connectivity index (χ1) is 12.8. The lowest BCUT2D eigenvalue weighted by atomic mass is 10.1. The molecule has 0 aliphatic rings. The highest BCUT2D eigenvalue weighted by atomic mass is 35.5. The van der Waals surface area contributed by atoms with Crippen LogP contribution in [0.5, 0.6) is 5.75 Å². The molecule has 2 aromatic carbocycles. The van der Waals surface area contributed by atoms with E-state index in [1.165, 1.54) is 19.2 Å². The molecule has 7 heteroatoms. The minimum absolute atomic E-state index is 0.0348. The fraction of sp³-hybridized carbons (Fsp3) is 0.300. The van der Waals surface area contributed by atoms with E-state index in [-0.39, 0.29) is 29.3 Å². The molecule has 0 bridgehead atoms. The van der Waals surface area contributed by atoms with Crippen LogP contribution in [0.2, 0.25) is 5.02 Å². The zero-order chi connectivity index (χ0) is 20.0. The summed E-state index contributed by atoms with van der Waals surface area (Å²) in [7, 11) is 1.46. The van der Waals surface area contributed by atoms with Gasteiger partial charge in [-0.25, -0.2) is 0 Å². The van der Waals surface area contributed by atoms with E-state index < -0.39 is 0 Å². The summed E-state index contributed by atoms with van der Waals surface area (Å²) in [5.74, 6) is 0.272. The van der Waals surface area contributed by atoms with Crippen molar-refractivity contribution in [1.82, 2.24) is 5.32 Å². The average molecular weight is 390 g/mol. The van der Waals surface area contributed by atoms with Crippen LogP contribution in [-0.2, 0) is 11.3 Å². The highest BCUT2D eigenvalue weighted by Gasteiger charge is 2.15. The van der Waals surface area contributed by atoms with Gasteiger partial charge in [-0.1, -0.05) is 37.6 Å². The Morgan fingerprint density at radius 3 is 2.63 bits per heavy atom. The lowest BCUT2D eigenvalue weighted by molar-refractivity contribution is -0.116. The number of ether oxygens (including phenoxy) is 1. The molecule has 0 unspecified atom stereocenters. The van der Waals surface area contributed by atoms with Crippen LogP contribution in [0.25, 0.3) is 0 Å². The fourth-order valence-electron chi connectivity index (χ4n) is 2.53. The van der Waals surface area contributed by atoms with Crippen LogP contribution in [-0.4, -0.2) is 18.9 Å². The summed E-state index contributed by atoms with van der Waals surface area (Å²) in [5, 5.41) is 5.97. The van der Waals surface area contributed by atoms with Gasteiger partial charge >= 0.3 is 0 Å². The Hall–Kier alpha value is -2.73. The number of amides is 2. The van der Waals surface area contributed by atoms with Gasteiger partial charge < -0.3 is 21.1 Å². The van der Waals surface area contributed by atoms with Crippen LogP contribution in [0.4, 0.5) is 11.4 Å². The number of benzene rings is 2. The molecular formula is C20H24ClN3O3. The zero-order valence-electron chi connectivity index (χ0n) is 15.6. The van der Waals surface area contributed by atoms with Gasteiger partial charge in [-0.2, -0.15) is 0 Å². The molecule has 0 heterocycles. The van der Waals surface area contributed by atoms with Crippen molar-refractivity contribution < 1.29 is 14.3 Å². The zero-order valence-corrected chi connectivity index (χ0v) is 16.4. The smallest absolute Gasteiger partial charge is 0.255 e. The molecule has 0 saturated heterocycles. The number of hydrogen-bond donors (Lipinski definition) is 3. The molecule has 0 radical (unpaired) electrons. The van der Waals surface area contributed by atoms with Gasteiger partial charge in [0.1, 0.15) is 5.75 Å². The van der Waals surface area contributed by atoms with Crippen LogP contribution >= 0.6 is 11.6 Å². The maximum Gasteiger partial charge on any atom is 0.255 e. The summed E-state index contributed by atoms with van der Waals surface area (Å²) < 4.78 is 5.20. The van der Waals surface area contributed by atoms with Crippen molar-refractivity contribution >= 4 is 34.8 Å². The second kappa shape index (κ2) is 9.28. The number of hydrogen-bond acceptors (Lipinski definition) is 4. The molecule has 144 valence electrons. The van der Waals surface area contributed by atoms with Gasteiger partial charge in [0.05, 0.1) is 23.4 Å². The Balaban J connectivity index is 2.04. The minimum Gasteiger partial charge on any atom is -0.496 e. The van der Waals surface area contributed by atoms with Gasteiger partial charge in [0.25, 0.3) is 5.91 Å². The molecule has 6 nitrogen and oxygen atoms in total. The standard InChI is InChI=1S/C20H24ClN3O3/c1-12(2)7-19(25)24-14-6-4-5-13(8-14)11-23-20(26)15-9-16(21)17(22)10-18(15)27-3/h4-6,8-10,12H,7,11,22H2,1-3H3,(H,23,26)(H,24,25). The van der Waals surface area contributed by atoms with Crippen molar-refractivity contribution in [2.45, 2.75) is 26.8 Å². The lowest BCUT2D eigenvalue weighted by Crippen LogP contribution is -2.23. The van der Waals surface area contributed by atoms with Gasteiger partial charge in [0, 0.05) is 24.7 Å². The number of carbonyl (C=O) groups is 2. The molecule has 0 spiro atoms. The molecule has 2 aromatic rings. The molecule has 4 N–H and O–H groups in total. The van der Waals surface area contributed by atoms with Gasteiger partial charge in [0.15, 0.2) is 0 Å². The number of methoxy groups -OCH3 is 1. The van der Waals surface area contributed by atoms with E-state index in [2.05, 4.69) is 10.6 Å². The second-order valence-electron chi connectivity index (χ2n) is 6.60. The first kappa shape index (κ1) is 20.6. The van der Waals surface area contributed by atoms with Crippen molar-refractivity contribution in [3.05, 3.63) is 52.5 Å². The van der Waals surface area contributed by atoms with Crippen LogP contribution in [0.1, 0.15) is 36.2 Å². The molecule has 2 rings (SSSR count). The third kappa shape index (κ3) is 5.89. The summed E-state index contributed by atoms with van der Waals surface area (Å²) in [6, 6.07) is 10.3. The average Bonchev–Trinajstić information content (AvgIpc) is 2.61. The van der Waals surface area contributed by atoms with E-state index in [0.717, 1.165) is 5.56 Å². The van der Waals surface area contributed by atoms with Crippen molar-refractivity contribution in [2.24, 2.45) is 5.92 Å². The predicted molar refractivity (Wildman–Crippen MR) is 108 cm³/mol. The Bertz CT molecular complexity index is 837. The molecule has 0 atom stereocenters. The second-order valence-corrected chi connectivity index (χ2v) is 7.01. The molecule has 0 saturated carbocycles. The summed E-state index contributed by atoms with van der Waals surface area (Å²) in [4.78, 5) is 24.4. The van der Waals surface area contributed by atoms with E-state index >= 15 is 0 Å². The largest absolute Gasteiger partial charge is 0.496 e. The monoisotopic (exact) mass is 389 g/mol. The van der Waals surface area contributed by atoms with Crippen molar-refractivity contribution in [3.63, 3.8) is 0 Å². The Kier molecular flexibility index (Phi) is 7.07. The summed E-state index contributed by atoms with van der Waals surface area (Å²) >= 11 is 6.01. The van der Waals surface area contributed by atoms with Crippen LogP contribution in [0.15, 0.2) is 36.4 Å². The summed E-state index contributed by atoms with van der Waals surface area (Å²) in [6.45, 7) is 4.27. The highest BCUT2D eigenvalue weighted by molar-refractivity contribution is 6.33. The van der Waals surface area contributed by atoms with E-state index in [1.54, 1.807) is 0 Å². The Labute approximate surface area is 164 Å². The topological polar surface area (TPSA) is 93.4 Å². The SMILES string of the molecule is COc1cc(N)c(Cl)cc1C(=O)NCc1cccc(NC(=O)CC(C)C)c1. The van der Waals surface area contributed by atoms with Crippen LogP contribution in [0.3, 0.4) is 0 Å². The Morgan fingerprint density at radius 1 is 1.22 bits per heavy atom. The molecule has 27 heavy (non-hydrogen) atoms. The normalized spacial score (nSPS) is 10.6. The van der Waals surface area contributed by atoms with E-state index in [9.17, 15) is 9.59 Å². The lowest BCUT2D eigenvalue weighted by Gasteiger charge is -2.12. The van der Waals surface area contributed by atoms with Gasteiger partial charge in [-0.15, -0.1) is 0 Å². The first-order valence-corrected chi connectivity index (χ1v) is 8.98. The molecule has 2 amide bonds. The van der Waals surface area contributed by atoms with E-state index in [1.807, 2.05) is 38.1 Å². The predicted octanol–water partition coefficient (Wildman–Crippen LogP) is 3.85. The van der Waals surface area contributed by atoms with Crippen molar-refractivity contribution in [1.29, 1.82) is 0 Å². The quantitative estimate of drug-likeness (QED) is 0.627. The number of nitrogens with one attached hydrogen (secondary N) is 2. The van der Waals surface area contributed by atoms with Crippen LogP contribution < -0.4 is 21.1 Å². The molecular weight excluding hydrogens is 366 g/mol. The first-order valence-electron chi connectivity index (χ1n) is 8.60. The fourth-order valence-corrected chi connectivity index (χ4v) is 2.70. The molecule has 0 aliphatic carbocycles. The van der Waals surface area contributed by atoms with Gasteiger partial charge in [-0.05, 0) is 29.7 Å². The van der Waals surface area contributed by atoms with E-state index in [0.29, 0.717) is 29.1 Å².